The Kier molecular flexibility index (Phi) is 5.09. The number of rotatable bonds is 16. The molecule has 0 fully saturated rings. The summed E-state index contributed by atoms with van der Waals surface area (Å²) >= 11 is 0. The summed E-state index contributed by atoms with van der Waals surface area (Å²) in [5, 5.41) is 0. The van der Waals surface area contributed by atoms with Crippen LogP contribution >= 0.6 is 0 Å². The van der Waals surface area contributed by atoms with Crippen molar-refractivity contribution in [3.8, 4) is 0 Å². The lowest BCUT2D eigenvalue weighted by Gasteiger charge is -2.08. The van der Waals surface area contributed by atoms with Crippen molar-refractivity contribution in [3.05, 3.63) is 59.7 Å². The second-order valence-electron chi connectivity index (χ2n) is 5.82. The van der Waals surface area contributed by atoms with Crippen LogP contribution in [0.5, 0.6) is 0 Å². The second kappa shape index (κ2) is 13.8. The third kappa shape index (κ3) is 10.3. The molecule has 0 spiro atoms. The summed E-state index contributed by atoms with van der Waals surface area (Å²) in [4.78, 5) is -1.31. The van der Waals surface area contributed by atoms with Gasteiger partial charge in [-0.2, -0.15) is 16.8 Å². The number of hydrogen-bond acceptors (Lipinski definition) is 9. The summed E-state index contributed by atoms with van der Waals surface area (Å²) in [6.07, 6.45) is 0. The van der Waals surface area contributed by atoms with E-state index in [9.17, 15) is 16.8 Å². The van der Waals surface area contributed by atoms with Gasteiger partial charge in [0.25, 0.3) is 20.2 Å². The number of aryl methyl sites for hydroxylation is 2. The Bertz CT molecular complexity index is 1570. The molecule has 2 rings (SSSR count). The van der Waals surface area contributed by atoms with Crippen molar-refractivity contribution in [3.63, 3.8) is 0 Å². The van der Waals surface area contributed by atoms with E-state index < -0.39 is 82.5 Å². The van der Waals surface area contributed by atoms with Crippen LogP contribution in [-0.4, -0.2) is 69.3 Å². The number of hydrogen-bond donors (Lipinski definition) is 0. The Morgan fingerprint density at radius 2 is 0.818 bits per heavy atom. The highest BCUT2D eigenvalue weighted by Crippen LogP contribution is 2.14. The first-order chi connectivity index (χ1) is 21.5. The third-order valence-corrected chi connectivity index (χ3v) is 5.70. The molecule has 0 aromatic heterocycles. The standard InChI is InChI=1S/C22H30O9S2/c1-19-3-7-21(8-4-19)32(23,24)30-17-15-28-13-11-27-12-14-29-16-18-31-33(25,26)22-9-5-20(2)6-10-22/h3-10H,11-18H2,1-2H3/i11D2,12D2,13D2,14D2,15D2,16D2,17D2,18D2. The van der Waals surface area contributed by atoms with Gasteiger partial charge in [0.05, 0.1) is 84.2 Å². The van der Waals surface area contributed by atoms with E-state index in [2.05, 4.69) is 22.6 Å². The maximum absolute atomic E-state index is 12.5. The third-order valence-electron chi connectivity index (χ3n) is 3.39. The molecule has 0 saturated carbocycles. The minimum atomic E-state index is -5.10. The van der Waals surface area contributed by atoms with E-state index in [1.165, 1.54) is 24.3 Å². The van der Waals surface area contributed by atoms with Gasteiger partial charge >= 0.3 is 0 Å². The molecule has 0 N–H and O–H groups in total. The lowest BCUT2D eigenvalue weighted by atomic mass is 10.2. The largest absolute Gasteiger partial charge is 0.377 e. The Labute approximate surface area is 218 Å². The minimum Gasteiger partial charge on any atom is -0.377 e. The summed E-state index contributed by atoms with van der Waals surface area (Å²) in [6, 6.07) is 9.06. The molecule has 9 nitrogen and oxygen atoms in total. The molecule has 0 atom stereocenters. The van der Waals surface area contributed by atoms with E-state index in [0.717, 1.165) is 24.3 Å². The van der Waals surface area contributed by atoms with Crippen molar-refractivity contribution in [1.82, 2.24) is 0 Å². The molecule has 0 bridgehead atoms. The Balaban J connectivity index is 2.30. The van der Waals surface area contributed by atoms with E-state index in [0.29, 0.717) is 11.1 Å². The SMILES string of the molecule is [2H]C([2H])(OC([2H])([2H])C([2H])([2H])OC([2H])([2H])C([2H])([2H])OS(=O)(=O)c1ccc(C)cc1)C([2H])([2H])OC([2H])([2H])C([2H])([2H])OS(=O)(=O)c1ccc(C)cc1. The van der Waals surface area contributed by atoms with Crippen molar-refractivity contribution in [2.75, 3.05) is 52.5 Å². The number of ether oxygens (including phenoxy) is 3. The van der Waals surface area contributed by atoms with Crippen LogP contribution in [0.2, 0.25) is 0 Å². The van der Waals surface area contributed by atoms with Crippen LogP contribution < -0.4 is 0 Å². The summed E-state index contributed by atoms with van der Waals surface area (Å²) < 4.78 is 196. The molecule has 0 heterocycles. The first-order valence-corrected chi connectivity index (χ1v) is 11.5. The van der Waals surface area contributed by atoms with E-state index in [1.54, 1.807) is 13.8 Å². The zero-order chi connectivity index (χ0) is 38.5. The maximum Gasteiger partial charge on any atom is 0.297 e. The molecule has 0 unspecified atom stereocenters. The van der Waals surface area contributed by atoms with Crippen LogP contribution in [-0.2, 0) is 42.8 Å². The molecule has 0 aliphatic heterocycles. The molecule has 2 aromatic rings. The molecule has 2 aromatic carbocycles. The second-order valence-corrected chi connectivity index (χ2v) is 8.92. The molecule has 0 radical (unpaired) electrons. The van der Waals surface area contributed by atoms with Crippen LogP contribution in [0, 0.1) is 13.8 Å². The summed E-state index contributed by atoms with van der Waals surface area (Å²) in [5.74, 6) is 0. The fourth-order valence-corrected chi connectivity index (χ4v) is 3.27. The molecule has 0 aliphatic rings. The topological polar surface area (TPSA) is 114 Å². The van der Waals surface area contributed by atoms with Crippen molar-refractivity contribution in [2.45, 2.75) is 23.6 Å². The molecular formula is C22H30O9S2. The monoisotopic (exact) mass is 518 g/mol. The normalized spacial score (nSPS) is 22.8. The van der Waals surface area contributed by atoms with Gasteiger partial charge in [0.15, 0.2) is 0 Å². The van der Waals surface area contributed by atoms with E-state index >= 15 is 0 Å². The van der Waals surface area contributed by atoms with Gasteiger partial charge in [0, 0.05) is 0 Å². The van der Waals surface area contributed by atoms with Crippen LogP contribution in [0.25, 0.3) is 0 Å². The molecular weight excluding hydrogens is 472 g/mol. The average molecular weight is 519 g/mol. The van der Waals surface area contributed by atoms with E-state index in [1.807, 2.05) is 0 Å². The highest BCUT2D eigenvalue weighted by molar-refractivity contribution is 7.87. The van der Waals surface area contributed by atoms with Gasteiger partial charge in [-0.05, 0) is 38.1 Å². The van der Waals surface area contributed by atoms with Gasteiger partial charge in [-0.1, -0.05) is 35.4 Å². The lowest BCUT2D eigenvalue weighted by Crippen LogP contribution is -2.15. The zero-order valence-corrected chi connectivity index (χ0v) is 18.7. The van der Waals surface area contributed by atoms with Crippen LogP contribution in [0.1, 0.15) is 33.1 Å². The van der Waals surface area contributed by atoms with Crippen LogP contribution in [0.15, 0.2) is 58.3 Å². The first kappa shape index (κ1) is 12.2. The molecule has 11 heteroatoms. The maximum atomic E-state index is 12.5. The first-order valence-electron chi connectivity index (χ1n) is 16.7. The van der Waals surface area contributed by atoms with Gasteiger partial charge in [0.1, 0.15) is 0 Å². The van der Waals surface area contributed by atoms with Gasteiger partial charge in [-0.25, -0.2) is 0 Å². The summed E-state index contributed by atoms with van der Waals surface area (Å²) in [6.45, 7) is -30.9. The highest BCUT2D eigenvalue weighted by Gasteiger charge is 2.15. The predicted molar refractivity (Wildman–Crippen MR) is 121 cm³/mol. The van der Waals surface area contributed by atoms with Gasteiger partial charge < -0.3 is 14.2 Å². The smallest absolute Gasteiger partial charge is 0.297 e. The quantitative estimate of drug-likeness (QED) is 0.309. The van der Waals surface area contributed by atoms with E-state index in [4.69, 9.17) is 21.9 Å². The zero-order valence-electron chi connectivity index (χ0n) is 33.1. The summed E-state index contributed by atoms with van der Waals surface area (Å²) in [5.41, 5.74) is 1.17. The van der Waals surface area contributed by atoms with Crippen molar-refractivity contribution < 1.29 is 61.3 Å². The van der Waals surface area contributed by atoms with Gasteiger partial charge in [-0.15, -0.1) is 0 Å². The molecule has 184 valence electrons. The van der Waals surface area contributed by atoms with Crippen molar-refractivity contribution in [2.24, 2.45) is 0 Å². The Hall–Kier alpha value is -1.86. The van der Waals surface area contributed by atoms with Crippen molar-refractivity contribution in [1.29, 1.82) is 0 Å². The fraction of sp³-hybridized carbons (Fsp3) is 0.455. The van der Waals surface area contributed by atoms with Crippen LogP contribution in [0.4, 0.5) is 0 Å². The van der Waals surface area contributed by atoms with Crippen LogP contribution in [0.3, 0.4) is 0 Å². The average Bonchev–Trinajstić information content (AvgIpc) is 2.85. The predicted octanol–water partition coefficient (Wildman–Crippen LogP) is 2.46. The van der Waals surface area contributed by atoms with Gasteiger partial charge in [0.2, 0.25) is 0 Å². The fourth-order valence-electron chi connectivity index (χ4n) is 1.85. The lowest BCUT2D eigenvalue weighted by molar-refractivity contribution is 0.00558. The summed E-state index contributed by atoms with van der Waals surface area (Å²) in [7, 11) is -10.2. The highest BCUT2D eigenvalue weighted by atomic mass is 32.2. The Morgan fingerprint density at radius 3 is 1.12 bits per heavy atom. The Morgan fingerprint density at radius 1 is 0.545 bits per heavy atom. The van der Waals surface area contributed by atoms with E-state index in [-0.39, 0.29) is 0 Å². The molecule has 33 heavy (non-hydrogen) atoms. The molecule has 0 aliphatic carbocycles. The number of benzene rings is 2. The van der Waals surface area contributed by atoms with Gasteiger partial charge in [-0.3, -0.25) is 8.37 Å². The molecule has 0 saturated heterocycles. The van der Waals surface area contributed by atoms with Crippen molar-refractivity contribution >= 4 is 20.2 Å². The minimum absolute atomic E-state index is 0.583. The molecule has 0 amide bonds.